The highest BCUT2D eigenvalue weighted by Crippen LogP contribution is 2.40. The number of carbonyl (C=O) groups is 1. The predicted octanol–water partition coefficient (Wildman–Crippen LogP) is 4.56. The maximum absolute atomic E-state index is 12.8. The number of fused-ring (bicyclic) bond motifs is 1. The smallest absolute Gasteiger partial charge is 0.231 e. The Hall–Kier alpha value is -2.59. The molecule has 1 fully saturated rings. The van der Waals surface area contributed by atoms with Crippen molar-refractivity contribution in [1.82, 2.24) is 4.90 Å². The third kappa shape index (κ3) is 3.62. The highest BCUT2D eigenvalue weighted by atomic mass is 16.5. The zero-order valence-electron chi connectivity index (χ0n) is 15.7. The fourth-order valence-corrected chi connectivity index (χ4v) is 3.79. The summed E-state index contributed by atoms with van der Waals surface area (Å²) in [7, 11) is 0. The quantitative estimate of drug-likeness (QED) is 0.809. The maximum atomic E-state index is 12.8. The molecule has 4 rings (SSSR count). The predicted molar refractivity (Wildman–Crippen MR) is 106 cm³/mol. The van der Waals surface area contributed by atoms with Gasteiger partial charge in [-0.2, -0.15) is 0 Å². The van der Waals surface area contributed by atoms with Gasteiger partial charge in [0.25, 0.3) is 0 Å². The molecule has 0 unspecified atom stereocenters. The Kier molecular flexibility index (Phi) is 4.99. The average Bonchev–Trinajstić information content (AvgIpc) is 3.01. The molecule has 0 aromatic heterocycles. The van der Waals surface area contributed by atoms with Gasteiger partial charge in [-0.3, -0.25) is 9.69 Å². The Balaban J connectivity index is 1.62. The molecule has 27 heavy (non-hydrogen) atoms. The first kappa shape index (κ1) is 17.8. The topological polar surface area (TPSA) is 49.8 Å². The van der Waals surface area contributed by atoms with E-state index in [-0.39, 0.29) is 11.5 Å². The summed E-state index contributed by atoms with van der Waals surface area (Å²) in [6.07, 6.45) is 6.37. The molecule has 2 aliphatic rings. The SMILES string of the molecule is CCc1ccc(/C=C2\Oc3c(ccc(O)c3CN3CCCCC3)C2=O)cc1. The zero-order valence-corrected chi connectivity index (χ0v) is 15.7. The molecular formula is C23H25NO3. The van der Waals surface area contributed by atoms with Crippen LogP contribution in [-0.4, -0.2) is 28.9 Å². The first-order valence-corrected chi connectivity index (χ1v) is 9.76. The lowest BCUT2D eigenvalue weighted by molar-refractivity contribution is 0.101. The van der Waals surface area contributed by atoms with Crippen LogP contribution in [-0.2, 0) is 13.0 Å². The molecule has 0 aliphatic carbocycles. The Bertz CT molecular complexity index is 877. The van der Waals surface area contributed by atoms with E-state index in [0.717, 1.165) is 25.1 Å². The molecule has 1 N–H and O–H groups in total. The molecule has 0 radical (unpaired) electrons. The molecule has 2 aromatic carbocycles. The summed E-state index contributed by atoms with van der Waals surface area (Å²) in [5.41, 5.74) is 3.45. The number of piperidine rings is 1. The second kappa shape index (κ2) is 7.57. The van der Waals surface area contributed by atoms with Crippen LogP contribution in [0.2, 0.25) is 0 Å². The number of ether oxygens (including phenoxy) is 1. The van der Waals surface area contributed by atoms with Crippen molar-refractivity contribution in [1.29, 1.82) is 0 Å². The standard InChI is InChI=1S/C23H25NO3/c1-2-16-6-8-17(9-7-16)14-21-22(26)18-10-11-20(25)19(23(18)27-21)15-24-12-4-3-5-13-24/h6-11,14,25H,2-5,12-13,15H2,1H3/b21-14-. The number of rotatable bonds is 4. The molecule has 4 heteroatoms. The van der Waals surface area contributed by atoms with Crippen molar-refractivity contribution in [2.45, 2.75) is 39.2 Å². The number of hydrogen-bond acceptors (Lipinski definition) is 4. The van der Waals surface area contributed by atoms with Gasteiger partial charge < -0.3 is 9.84 Å². The number of aromatic hydroxyl groups is 1. The minimum absolute atomic E-state index is 0.121. The molecule has 140 valence electrons. The lowest BCUT2D eigenvalue weighted by atomic mass is 10.0. The second-order valence-electron chi connectivity index (χ2n) is 7.31. The fourth-order valence-electron chi connectivity index (χ4n) is 3.79. The minimum Gasteiger partial charge on any atom is -0.507 e. The third-order valence-corrected chi connectivity index (χ3v) is 5.43. The number of allylic oxidation sites excluding steroid dienone is 1. The average molecular weight is 363 g/mol. The first-order chi connectivity index (χ1) is 13.2. The van der Waals surface area contributed by atoms with Crippen LogP contribution in [0.15, 0.2) is 42.2 Å². The number of ketones is 1. The van der Waals surface area contributed by atoms with Gasteiger partial charge in [0.05, 0.1) is 11.1 Å². The maximum Gasteiger partial charge on any atom is 0.231 e. The van der Waals surface area contributed by atoms with E-state index in [0.29, 0.717) is 29.2 Å². The van der Waals surface area contributed by atoms with Gasteiger partial charge in [0.2, 0.25) is 5.78 Å². The Morgan fingerprint density at radius 3 is 2.52 bits per heavy atom. The van der Waals surface area contributed by atoms with Crippen molar-refractivity contribution >= 4 is 11.9 Å². The molecule has 1 saturated heterocycles. The molecule has 0 spiro atoms. The molecule has 2 aliphatic heterocycles. The van der Waals surface area contributed by atoms with E-state index in [1.165, 1.54) is 24.8 Å². The summed E-state index contributed by atoms with van der Waals surface area (Å²) in [5, 5.41) is 10.4. The van der Waals surface area contributed by atoms with E-state index in [1.807, 2.05) is 12.1 Å². The zero-order chi connectivity index (χ0) is 18.8. The molecule has 0 saturated carbocycles. The van der Waals surface area contributed by atoms with Gasteiger partial charge in [-0.25, -0.2) is 0 Å². The summed E-state index contributed by atoms with van der Waals surface area (Å²) >= 11 is 0. The number of benzene rings is 2. The molecule has 2 heterocycles. The third-order valence-electron chi connectivity index (χ3n) is 5.43. The minimum atomic E-state index is -0.121. The van der Waals surface area contributed by atoms with Crippen LogP contribution in [0.3, 0.4) is 0 Å². The van der Waals surface area contributed by atoms with E-state index in [9.17, 15) is 9.90 Å². The molecular weight excluding hydrogens is 338 g/mol. The van der Waals surface area contributed by atoms with Crippen LogP contribution in [0.1, 0.15) is 53.2 Å². The van der Waals surface area contributed by atoms with Crippen LogP contribution in [0.25, 0.3) is 6.08 Å². The van der Waals surface area contributed by atoms with E-state index >= 15 is 0 Å². The van der Waals surface area contributed by atoms with Gasteiger partial charge in [0.1, 0.15) is 11.5 Å². The molecule has 0 amide bonds. The monoisotopic (exact) mass is 363 g/mol. The van der Waals surface area contributed by atoms with Gasteiger partial charge in [0, 0.05) is 6.54 Å². The highest BCUT2D eigenvalue weighted by Gasteiger charge is 2.31. The van der Waals surface area contributed by atoms with Crippen molar-refractivity contribution in [3.05, 3.63) is 64.4 Å². The summed E-state index contributed by atoms with van der Waals surface area (Å²) in [6.45, 7) is 4.76. The van der Waals surface area contributed by atoms with Gasteiger partial charge in [-0.1, -0.05) is 37.6 Å². The molecule has 4 nitrogen and oxygen atoms in total. The first-order valence-electron chi connectivity index (χ1n) is 9.76. The highest BCUT2D eigenvalue weighted by molar-refractivity contribution is 6.15. The summed E-state index contributed by atoms with van der Waals surface area (Å²) < 4.78 is 5.96. The summed E-state index contributed by atoms with van der Waals surface area (Å²) in [4.78, 5) is 15.1. The Labute approximate surface area is 160 Å². The Morgan fingerprint density at radius 1 is 1.07 bits per heavy atom. The summed E-state index contributed by atoms with van der Waals surface area (Å²) in [5.74, 6) is 0.909. The fraction of sp³-hybridized carbons (Fsp3) is 0.348. The Morgan fingerprint density at radius 2 is 1.81 bits per heavy atom. The number of nitrogens with zero attached hydrogens (tertiary/aromatic N) is 1. The van der Waals surface area contributed by atoms with Crippen molar-refractivity contribution in [2.75, 3.05) is 13.1 Å². The van der Waals surface area contributed by atoms with Gasteiger partial charge >= 0.3 is 0 Å². The van der Waals surface area contributed by atoms with E-state index in [4.69, 9.17) is 4.74 Å². The van der Waals surface area contributed by atoms with E-state index < -0.39 is 0 Å². The second-order valence-corrected chi connectivity index (χ2v) is 7.31. The van der Waals surface area contributed by atoms with E-state index in [2.05, 4.69) is 24.0 Å². The molecule has 0 atom stereocenters. The van der Waals surface area contributed by atoms with Crippen LogP contribution in [0.5, 0.6) is 11.5 Å². The molecule has 2 aromatic rings. The van der Waals surface area contributed by atoms with Crippen molar-refractivity contribution in [3.8, 4) is 11.5 Å². The number of likely N-dealkylation sites (tertiary alicyclic amines) is 1. The van der Waals surface area contributed by atoms with Crippen LogP contribution in [0.4, 0.5) is 0 Å². The number of phenols is 1. The number of phenolic OH excluding ortho intramolecular Hbond substituents is 1. The largest absolute Gasteiger partial charge is 0.507 e. The lowest BCUT2D eigenvalue weighted by Crippen LogP contribution is -2.29. The van der Waals surface area contributed by atoms with Crippen molar-refractivity contribution < 1.29 is 14.6 Å². The van der Waals surface area contributed by atoms with Crippen LogP contribution >= 0.6 is 0 Å². The summed E-state index contributed by atoms with van der Waals surface area (Å²) in [6, 6.07) is 11.4. The van der Waals surface area contributed by atoms with Gasteiger partial charge in [-0.15, -0.1) is 0 Å². The van der Waals surface area contributed by atoms with Gasteiger partial charge in [-0.05, 0) is 61.7 Å². The van der Waals surface area contributed by atoms with Crippen LogP contribution in [0, 0.1) is 0 Å². The number of Topliss-reactive ketones (excluding diaryl/α,β-unsaturated/α-hetero) is 1. The number of carbonyl (C=O) groups excluding carboxylic acids is 1. The normalized spacial score (nSPS) is 18.6. The van der Waals surface area contributed by atoms with Crippen molar-refractivity contribution in [2.24, 2.45) is 0 Å². The van der Waals surface area contributed by atoms with Crippen LogP contribution < -0.4 is 4.74 Å². The number of hydrogen-bond donors (Lipinski definition) is 1. The lowest BCUT2D eigenvalue weighted by Gasteiger charge is -2.27. The number of aryl methyl sites for hydroxylation is 1. The van der Waals surface area contributed by atoms with E-state index in [1.54, 1.807) is 18.2 Å². The van der Waals surface area contributed by atoms with Crippen molar-refractivity contribution in [3.63, 3.8) is 0 Å². The molecule has 0 bridgehead atoms. The van der Waals surface area contributed by atoms with Gasteiger partial charge in [0.15, 0.2) is 5.76 Å².